The highest BCUT2D eigenvalue weighted by Crippen LogP contribution is 2.18. The lowest BCUT2D eigenvalue weighted by Crippen LogP contribution is -2.34. The van der Waals surface area contributed by atoms with Gasteiger partial charge < -0.3 is 11.1 Å². The van der Waals surface area contributed by atoms with E-state index < -0.39 is 0 Å². The van der Waals surface area contributed by atoms with Crippen molar-refractivity contribution in [3.05, 3.63) is 24.0 Å². The van der Waals surface area contributed by atoms with Crippen molar-refractivity contribution in [2.45, 2.75) is 12.5 Å². The summed E-state index contributed by atoms with van der Waals surface area (Å²) in [6.07, 6.45) is 4.12. The van der Waals surface area contributed by atoms with Gasteiger partial charge in [-0.15, -0.1) is 0 Å². The van der Waals surface area contributed by atoms with Crippen molar-refractivity contribution >= 4 is 23.4 Å². The van der Waals surface area contributed by atoms with E-state index in [9.17, 15) is 4.79 Å². The maximum Gasteiger partial charge on any atom is 0.253 e. The monoisotopic (exact) mass is 223 g/mol. The Kier molecular flexibility index (Phi) is 3.11. The molecule has 0 aromatic carbocycles. The van der Waals surface area contributed by atoms with E-state index in [1.807, 2.05) is 11.8 Å². The molecular weight excluding hydrogens is 210 g/mol. The summed E-state index contributed by atoms with van der Waals surface area (Å²) in [4.78, 5) is 15.6. The third kappa shape index (κ3) is 2.41. The van der Waals surface area contributed by atoms with Crippen LogP contribution in [0.3, 0.4) is 0 Å². The molecule has 0 spiro atoms. The number of pyridine rings is 1. The number of rotatable bonds is 2. The maximum absolute atomic E-state index is 11.8. The van der Waals surface area contributed by atoms with Crippen molar-refractivity contribution in [1.82, 2.24) is 10.3 Å². The number of anilines is 1. The summed E-state index contributed by atoms with van der Waals surface area (Å²) in [5, 5.41) is 2.97. The number of hydrogen-bond donors (Lipinski definition) is 2. The molecule has 15 heavy (non-hydrogen) atoms. The third-order valence-corrected chi connectivity index (χ3v) is 3.52. The van der Waals surface area contributed by atoms with E-state index in [1.165, 1.54) is 6.20 Å². The molecule has 1 aliphatic heterocycles. The first-order valence-electron chi connectivity index (χ1n) is 4.85. The summed E-state index contributed by atoms with van der Waals surface area (Å²) in [6, 6.07) is 1.93. The minimum Gasteiger partial charge on any atom is -0.397 e. The van der Waals surface area contributed by atoms with Gasteiger partial charge in [0.1, 0.15) is 0 Å². The average Bonchev–Trinajstić information content (AvgIpc) is 2.71. The molecule has 1 atom stereocenters. The van der Waals surface area contributed by atoms with Crippen molar-refractivity contribution in [2.75, 3.05) is 17.2 Å². The van der Waals surface area contributed by atoms with Crippen LogP contribution in [0.15, 0.2) is 18.5 Å². The Morgan fingerprint density at radius 1 is 1.67 bits per heavy atom. The van der Waals surface area contributed by atoms with Crippen molar-refractivity contribution in [3.63, 3.8) is 0 Å². The first-order chi connectivity index (χ1) is 7.27. The standard InChI is InChI=1S/C10H13N3OS/c11-9-5-12-3-1-8(9)10(14)13-7-2-4-15-6-7/h1,3,5,7H,2,4,6,11H2,(H,13,14). The number of nitrogens with two attached hydrogens (primary N) is 1. The summed E-state index contributed by atoms with van der Waals surface area (Å²) in [7, 11) is 0. The molecular formula is C10H13N3OS. The van der Waals surface area contributed by atoms with E-state index in [4.69, 9.17) is 5.73 Å². The van der Waals surface area contributed by atoms with Gasteiger partial charge in [-0.2, -0.15) is 11.8 Å². The second kappa shape index (κ2) is 4.53. The number of hydrogen-bond acceptors (Lipinski definition) is 4. The lowest BCUT2D eigenvalue weighted by Gasteiger charge is -2.11. The van der Waals surface area contributed by atoms with Gasteiger partial charge in [0, 0.05) is 18.0 Å². The molecule has 2 heterocycles. The van der Waals surface area contributed by atoms with Crippen LogP contribution in [0.2, 0.25) is 0 Å². The van der Waals surface area contributed by atoms with Crippen LogP contribution in [-0.4, -0.2) is 28.4 Å². The fraction of sp³-hybridized carbons (Fsp3) is 0.400. The molecule has 1 aliphatic rings. The van der Waals surface area contributed by atoms with Crippen LogP contribution in [0, 0.1) is 0 Å². The predicted octanol–water partition coefficient (Wildman–Crippen LogP) is 0.899. The fourth-order valence-electron chi connectivity index (χ4n) is 1.52. The van der Waals surface area contributed by atoms with Crippen LogP contribution in [0.4, 0.5) is 5.69 Å². The Labute approximate surface area is 92.6 Å². The number of nitrogens with one attached hydrogen (secondary N) is 1. The summed E-state index contributed by atoms with van der Waals surface area (Å²) in [5.74, 6) is 2.02. The highest BCUT2D eigenvalue weighted by atomic mass is 32.2. The molecule has 1 saturated heterocycles. The SMILES string of the molecule is Nc1cnccc1C(=O)NC1CCSC1. The summed E-state index contributed by atoms with van der Waals surface area (Å²) in [5.41, 5.74) is 6.61. The molecule has 0 saturated carbocycles. The quantitative estimate of drug-likeness (QED) is 0.781. The van der Waals surface area contributed by atoms with Crippen LogP contribution in [0.25, 0.3) is 0 Å². The maximum atomic E-state index is 11.8. The summed E-state index contributed by atoms with van der Waals surface area (Å²) < 4.78 is 0. The highest BCUT2D eigenvalue weighted by molar-refractivity contribution is 7.99. The predicted molar refractivity (Wildman–Crippen MR) is 61.8 cm³/mol. The lowest BCUT2D eigenvalue weighted by atomic mass is 10.2. The van der Waals surface area contributed by atoms with Crippen molar-refractivity contribution < 1.29 is 4.79 Å². The number of nitrogen functional groups attached to an aromatic ring is 1. The average molecular weight is 223 g/mol. The first-order valence-corrected chi connectivity index (χ1v) is 6.01. The van der Waals surface area contributed by atoms with E-state index in [0.717, 1.165) is 17.9 Å². The zero-order chi connectivity index (χ0) is 10.7. The van der Waals surface area contributed by atoms with E-state index in [2.05, 4.69) is 10.3 Å². The molecule has 1 aromatic rings. The normalized spacial score (nSPS) is 20.1. The van der Waals surface area contributed by atoms with Gasteiger partial charge in [0.05, 0.1) is 17.4 Å². The zero-order valence-electron chi connectivity index (χ0n) is 8.27. The van der Waals surface area contributed by atoms with Gasteiger partial charge in [-0.3, -0.25) is 9.78 Å². The second-order valence-corrected chi connectivity index (χ2v) is 4.65. The Bertz CT molecular complexity index is 363. The Hall–Kier alpha value is -1.23. The molecule has 1 fully saturated rings. The van der Waals surface area contributed by atoms with Gasteiger partial charge in [0.25, 0.3) is 5.91 Å². The Morgan fingerprint density at radius 3 is 3.20 bits per heavy atom. The number of thioether (sulfide) groups is 1. The molecule has 0 bridgehead atoms. The Balaban J connectivity index is 2.04. The van der Waals surface area contributed by atoms with Gasteiger partial charge in [0.15, 0.2) is 0 Å². The number of amides is 1. The molecule has 2 rings (SSSR count). The van der Waals surface area contributed by atoms with Gasteiger partial charge in [-0.1, -0.05) is 0 Å². The smallest absolute Gasteiger partial charge is 0.253 e. The topological polar surface area (TPSA) is 68.0 Å². The number of nitrogens with zero attached hydrogens (tertiary/aromatic N) is 1. The molecule has 1 amide bonds. The van der Waals surface area contributed by atoms with Gasteiger partial charge in [0.2, 0.25) is 0 Å². The van der Waals surface area contributed by atoms with Crippen molar-refractivity contribution in [1.29, 1.82) is 0 Å². The van der Waals surface area contributed by atoms with E-state index in [-0.39, 0.29) is 11.9 Å². The minimum absolute atomic E-state index is 0.0950. The van der Waals surface area contributed by atoms with Crippen LogP contribution in [0.1, 0.15) is 16.8 Å². The van der Waals surface area contributed by atoms with Crippen LogP contribution in [0.5, 0.6) is 0 Å². The van der Waals surface area contributed by atoms with Crippen LogP contribution < -0.4 is 11.1 Å². The van der Waals surface area contributed by atoms with E-state index in [0.29, 0.717) is 11.3 Å². The van der Waals surface area contributed by atoms with Crippen molar-refractivity contribution in [2.24, 2.45) is 0 Å². The van der Waals surface area contributed by atoms with Crippen LogP contribution >= 0.6 is 11.8 Å². The highest BCUT2D eigenvalue weighted by Gasteiger charge is 2.19. The van der Waals surface area contributed by atoms with E-state index in [1.54, 1.807) is 12.3 Å². The van der Waals surface area contributed by atoms with Gasteiger partial charge in [-0.25, -0.2) is 0 Å². The van der Waals surface area contributed by atoms with Crippen molar-refractivity contribution in [3.8, 4) is 0 Å². The van der Waals surface area contributed by atoms with Gasteiger partial charge >= 0.3 is 0 Å². The van der Waals surface area contributed by atoms with E-state index >= 15 is 0 Å². The molecule has 1 aromatic heterocycles. The summed E-state index contributed by atoms with van der Waals surface area (Å²) >= 11 is 1.87. The second-order valence-electron chi connectivity index (χ2n) is 3.50. The Morgan fingerprint density at radius 2 is 2.53 bits per heavy atom. The molecule has 5 heteroatoms. The lowest BCUT2D eigenvalue weighted by molar-refractivity contribution is 0.0942. The largest absolute Gasteiger partial charge is 0.397 e. The molecule has 80 valence electrons. The molecule has 1 unspecified atom stereocenters. The number of carbonyl (C=O) groups excluding carboxylic acids is 1. The number of carbonyl (C=O) groups is 1. The summed E-state index contributed by atoms with van der Waals surface area (Å²) in [6.45, 7) is 0. The zero-order valence-corrected chi connectivity index (χ0v) is 9.09. The molecule has 3 N–H and O–H groups in total. The number of aromatic nitrogens is 1. The van der Waals surface area contributed by atoms with Gasteiger partial charge in [-0.05, 0) is 18.2 Å². The molecule has 0 radical (unpaired) electrons. The fourth-order valence-corrected chi connectivity index (χ4v) is 2.68. The third-order valence-electron chi connectivity index (χ3n) is 2.36. The molecule has 0 aliphatic carbocycles. The first kappa shape index (κ1) is 10.3. The minimum atomic E-state index is -0.0950. The van der Waals surface area contributed by atoms with Crippen LogP contribution in [-0.2, 0) is 0 Å². The molecule has 4 nitrogen and oxygen atoms in total.